The van der Waals surface area contributed by atoms with E-state index in [1.807, 2.05) is 30.3 Å². The molecule has 1 saturated heterocycles. The minimum atomic E-state index is -3.60. The molecule has 2 heterocycles. The summed E-state index contributed by atoms with van der Waals surface area (Å²) in [7, 11) is -3.60. The van der Waals surface area contributed by atoms with E-state index in [4.69, 9.17) is 9.15 Å². The van der Waals surface area contributed by atoms with Crippen LogP contribution in [0.3, 0.4) is 0 Å². The summed E-state index contributed by atoms with van der Waals surface area (Å²) in [4.78, 5) is 4.48. The molecule has 2 atom stereocenters. The highest BCUT2D eigenvalue weighted by Gasteiger charge is 2.30. The maximum Gasteiger partial charge on any atom is 0.240 e. The van der Waals surface area contributed by atoms with Crippen molar-refractivity contribution in [3.05, 3.63) is 72.3 Å². The molecule has 1 N–H and O–H groups in total. The normalized spacial score (nSPS) is 19.8. The highest BCUT2D eigenvalue weighted by molar-refractivity contribution is 7.89. The highest BCUT2D eigenvalue weighted by Crippen LogP contribution is 2.34. The quantitative estimate of drug-likeness (QED) is 0.685. The molecule has 0 bridgehead atoms. The number of hydrogen-bond acceptors (Lipinski definition) is 5. The van der Waals surface area contributed by atoms with Gasteiger partial charge in [0.1, 0.15) is 12.0 Å². The van der Waals surface area contributed by atoms with Gasteiger partial charge in [-0.15, -0.1) is 0 Å². The molecule has 1 fully saturated rings. The van der Waals surface area contributed by atoms with Gasteiger partial charge in [0.2, 0.25) is 10.0 Å². The Morgan fingerprint density at radius 2 is 1.86 bits per heavy atom. The van der Waals surface area contributed by atoms with Crippen LogP contribution in [0.1, 0.15) is 24.0 Å². The molecule has 0 saturated carbocycles. The molecule has 1 aliphatic heterocycles. The topological polar surface area (TPSA) is 81.4 Å². The third-order valence-corrected chi connectivity index (χ3v) is 6.40. The van der Waals surface area contributed by atoms with E-state index in [2.05, 4.69) is 9.71 Å². The molecule has 0 unspecified atom stereocenters. The molecule has 0 aliphatic carbocycles. The van der Waals surface area contributed by atoms with Gasteiger partial charge >= 0.3 is 0 Å². The lowest BCUT2D eigenvalue weighted by atomic mass is 9.96. The fourth-order valence-corrected chi connectivity index (χ4v) is 4.55. The van der Waals surface area contributed by atoms with Crippen molar-refractivity contribution in [3.8, 4) is 11.3 Å². The highest BCUT2D eigenvalue weighted by atomic mass is 32.2. The molecular formula is C21H22N2O4S. The standard InChI is InChI=1S/C21H22N2O4S/c1-15-23-20(14-27-15)16-7-9-19(10-8-16)28(24,25)22-13-18-11-12-26-21(18)17-5-3-2-4-6-17/h2-10,14,18,21-22H,11-13H2,1H3/t18-,21-/m0/s1. The summed E-state index contributed by atoms with van der Waals surface area (Å²) < 4.78 is 39.2. The summed E-state index contributed by atoms with van der Waals surface area (Å²) in [5.74, 6) is 0.676. The van der Waals surface area contributed by atoms with E-state index in [0.717, 1.165) is 17.5 Å². The largest absolute Gasteiger partial charge is 0.449 e. The van der Waals surface area contributed by atoms with Gasteiger partial charge in [-0.2, -0.15) is 0 Å². The minimum Gasteiger partial charge on any atom is -0.449 e. The van der Waals surface area contributed by atoms with Crippen molar-refractivity contribution in [2.45, 2.75) is 24.3 Å². The van der Waals surface area contributed by atoms with Crippen LogP contribution in [-0.4, -0.2) is 26.6 Å². The van der Waals surface area contributed by atoms with E-state index in [0.29, 0.717) is 24.7 Å². The Morgan fingerprint density at radius 1 is 1.11 bits per heavy atom. The van der Waals surface area contributed by atoms with Crippen LogP contribution < -0.4 is 4.72 Å². The summed E-state index contributed by atoms with van der Waals surface area (Å²) >= 11 is 0. The van der Waals surface area contributed by atoms with Gasteiger partial charge in [-0.05, 0) is 24.1 Å². The monoisotopic (exact) mass is 398 g/mol. The molecule has 7 heteroatoms. The third-order valence-electron chi connectivity index (χ3n) is 4.96. The number of sulfonamides is 1. The van der Waals surface area contributed by atoms with Crippen LogP contribution >= 0.6 is 0 Å². The fraction of sp³-hybridized carbons (Fsp3) is 0.286. The molecule has 0 amide bonds. The Kier molecular flexibility index (Phi) is 5.30. The second-order valence-corrected chi connectivity index (χ2v) is 8.65. The van der Waals surface area contributed by atoms with Crippen molar-refractivity contribution in [3.63, 3.8) is 0 Å². The molecule has 28 heavy (non-hydrogen) atoms. The Bertz CT molecular complexity index is 1030. The molecule has 6 nitrogen and oxygen atoms in total. The van der Waals surface area contributed by atoms with Crippen LogP contribution in [-0.2, 0) is 14.8 Å². The Hall–Kier alpha value is -2.48. The van der Waals surface area contributed by atoms with Gasteiger partial charge < -0.3 is 9.15 Å². The minimum absolute atomic E-state index is 0.0818. The van der Waals surface area contributed by atoms with Crippen molar-refractivity contribution < 1.29 is 17.6 Å². The maximum atomic E-state index is 12.7. The molecule has 146 valence electrons. The van der Waals surface area contributed by atoms with Gasteiger partial charge in [-0.25, -0.2) is 18.1 Å². The second-order valence-electron chi connectivity index (χ2n) is 6.88. The summed E-state index contributed by atoms with van der Waals surface area (Å²) in [5.41, 5.74) is 2.57. The first kappa shape index (κ1) is 18.9. The lowest BCUT2D eigenvalue weighted by molar-refractivity contribution is 0.0917. The van der Waals surface area contributed by atoms with Crippen LogP contribution in [0, 0.1) is 12.8 Å². The first-order chi connectivity index (χ1) is 13.5. The first-order valence-corrected chi connectivity index (χ1v) is 10.7. The van der Waals surface area contributed by atoms with Crippen molar-refractivity contribution in [1.82, 2.24) is 9.71 Å². The number of oxazole rings is 1. The van der Waals surface area contributed by atoms with Gasteiger partial charge in [-0.1, -0.05) is 42.5 Å². The van der Waals surface area contributed by atoms with Crippen molar-refractivity contribution >= 4 is 10.0 Å². The van der Waals surface area contributed by atoms with Crippen molar-refractivity contribution in [2.24, 2.45) is 5.92 Å². The van der Waals surface area contributed by atoms with Gasteiger partial charge in [-0.3, -0.25) is 0 Å². The van der Waals surface area contributed by atoms with Gasteiger partial charge in [0, 0.05) is 31.6 Å². The number of aryl methyl sites for hydroxylation is 1. The lowest BCUT2D eigenvalue weighted by Crippen LogP contribution is -2.30. The second kappa shape index (κ2) is 7.87. The molecule has 3 aromatic rings. The summed E-state index contributed by atoms with van der Waals surface area (Å²) in [6.45, 7) is 2.74. The van der Waals surface area contributed by atoms with Gasteiger partial charge in [0.25, 0.3) is 0 Å². The average molecular weight is 398 g/mol. The van der Waals surface area contributed by atoms with E-state index in [-0.39, 0.29) is 16.9 Å². The lowest BCUT2D eigenvalue weighted by Gasteiger charge is -2.19. The van der Waals surface area contributed by atoms with Crippen LogP contribution in [0.5, 0.6) is 0 Å². The Labute approximate surface area is 164 Å². The van der Waals surface area contributed by atoms with E-state index >= 15 is 0 Å². The fourth-order valence-electron chi connectivity index (χ4n) is 3.45. The van der Waals surface area contributed by atoms with E-state index in [9.17, 15) is 8.42 Å². The Morgan fingerprint density at radius 3 is 2.54 bits per heavy atom. The van der Waals surface area contributed by atoms with Gasteiger partial charge in [0.15, 0.2) is 5.89 Å². The molecular weight excluding hydrogens is 376 g/mol. The first-order valence-electron chi connectivity index (χ1n) is 9.22. The number of nitrogens with zero attached hydrogens (tertiary/aromatic N) is 1. The van der Waals surface area contributed by atoms with Crippen molar-refractivity contribution in [2.75, 3.05) is 13.2 Å². The number of benzene rings is 2. The van der Waals surface area contributed by atoms with Crippen LogP contribution in [0.15, 0.2) is 70.2 Å². The number of aromatic nitrogens is 1. The molecule has 2 aromatic carbocycles. The van der Waals surface area contributed by atoms with Crippen LogP contribution in [0.4, 0.5) is 0 Å². The zero-order valence-corrected chi connectivity index (χ0v) is 16.4. The van der Waals surface area contributed by atoms with Gasteiger partial charge in [0.05, 0.1) is 11.0 Å². The smallest absolute Gasteiger partial charge is 0.240 e. The zero-order chi connectivity index (χ0) is 19.6. The SMILES string of the molecule is Cc1nc(-c2ccc(S(=O)(=O)NC[C@@H]3CCO[C@H]3c3ccccc3)cc2)co1. The predicted molar refractivity (Wildman–Crippen MR) is 105 cm³/mol. The van der Waals surface area contributed by atoms with Crippen LogP contribution in [0.2, 0.25) is 0 Å². The number of nitrogens with one attached hydrogen (secondary N) is 1. The van der Waals surface area contributed by atoms with Crippen LogP contribution in [0.25, 0.3) is 11.3 Å². The molecule has 1 aliphatic rings. The molecule has 0 radical (unpaired) electrons. The van der Waals surface area contributed by atoms with E-state index < -0.39 is 10.0 Å². The number of ether oxygens (including phenoxy) is 1. The predicted octanol–water partition coefficient (Wildman–Crippen LogP) is 3.71. The summed E-state index contributed by atoms with van der Waals surface area (Å²) in [6.07, 6.45) is 2.30. The molecule has 0 spiro atoms. The van der Waals surface area contributed by atoms with E-state index in [1.54, 1.807) is 37.5 Å². The molecule has 4 rings (SSSR count). The van der Waals surface area contributed by atoms with E-state index in [1.165, 1.54) is 0 Å². The van der Waals surface area contributed by atoms with Crippen molar-refractivity contribution in [1.29, 1.82) is 0 Å². The average Bonchev–Trinajstić information content (AvgIpc) is 3.36. The third kappa shape index (κ3) is 4.01. The number of hydrogen-bond donors (Lipinski definition) is 1. The zero-order valence-electron chi connectivity index (χ0n) is 15.5. The summed E-state index contributed by atoms with van der Waals surface area (Å²) in [5, 5.41) is 0. The summed E-state index contributed by atoms with van der Waals surface area (Å²) in [6, 6.07) is 16.6. The maximum absolute atomic E-state index is 12.7. The molecule has 1 aromatic heterocycles. The Balaban J connectivity index is 1.44. The number of rotatable bonds is 6.